The van der Waals surface area contributed by atoms with Crippen molar-refractivity contribution >= 4 is 41.6 Å². The Morgan fingerprint density at radius 3 is 1.53 bits per heavy atom. The monoisotopic (exact) mass is 426 g/mol. The number of anilines is 5. The SMILES string of the molecule is CCN(CC)c1nc(Nc2cc(C)ccc2C)nc(Nc2cc(C)ccc2C)n1.Cl. The van der Waals surface area contributed by atoms with Crippen LogP contribution in [0.5, 0.6) is 0 Å². The Morgan fingerprint density at radius 1 is 0.700 bits per heavy atom. The summed E-state index contributed by atoms with van der Waals surface area (Å²) in [7, 11) is 0. The molecule has 160 valence electrons. The van der Waals surface area contributed by atoms with Crippen LogP contribution < -0.4 is 15.5 Å². The summed E-state index contributed by atoms with van der Waals surface area (Å²) >= 11 is 0. The van der Waals surface area contributed by atoms with E-state index in [9.17, 15) is 0 Å². The number of hydrogen-bond donors (Lipinski definition) is 2. The molecule has 6 nitrogen and oxygen atoms in total. The fourth-order valence-electron chi connectivity index (χ4n) is 3.11. The normalized spacial score (nSPS) is 10.3. The molecule has 0 saturated heterocycles. The molecule has 0 bridgehead atoms. The predicted molar refractivity (Wildman–Crippen MR) is 129 cm³/mol. The van der Waals surface area contributed by atoms with Crippen LogP contribution in [0.1, 0.15) is 36.1 Å². The quantitative estimate of drug-likeness (QED) is 0.493. The molecule has 2 N–H and O–H groups in total. The van der Waals surface area contributed by atoms with Gasteiger partial charge in [-0.05, 0) is 75.9 Å². The van der Waals surface area contributed by atoms with Crippen molar-refractivity contribution in [2.75, 3.05) is 28.6 Å². The third-order valence-corrected chi connectivity index (χ3v) is 4.95. The third kappa shape index (κ3) is 5.60. The summed E-state index contributed by atoms with van der Waals surface area (Å²) in [5, 5.41) is 6.76. The fraction of sp³-hybridized carbons (Fsp3) is 0.348. The number of aryl methyl sites for hydroxylation is 4. The first kappa shape index (κ1) is 23.4. The van der Waals surface area contributed by atoms with Gasteiger partial charge in [-0.3, -0.25) is 0 Å². The molecule has 3 aromatic rings. The molecule has 0 unspecified atom stereocenters. The maximum atomic E-state index is 4.68. The van der Waals surface area contributed by atoms with Crippen LogP contribution in [0.15, 0.2) is 36.4 Å². The summed E-state index contributed by atoms with van der Waals surface area (Å²) in [4.78, 5) is 16.1. The summed E-state index contributed by atoms with van der Waals surface area (Å²) in [5.41, 5.74) is 6.65. The smallest absolute Gasteiger partial charge is 0.233 e. The molecule has 1 aromatic heterocycles. The highest BCUT2D eigenvalue weighted by Crippen LogP contribution is 2.24. The van der Waals surface area contributed by atoms with Crippen LogP contribution in [0.3, 0.4) is 0 Å². The van der Waals surface area contributed by atoms with Crippen molar-refractivity contribution in [3.8, 4) is 0 Å². The minimum Gasteiger partial charge on any atom is -0.341 e. The summed E-state index contributed by atoms with van der Waals surface area (Å²) in [5.74, 6) is 1.72. The number of aromatic nitrogens is 3. The van der Waals surface area contributed by atoms with Crippen molar-refractivity contribution in [3.05, 3.63) is 58.7 Å². The van der Waals surface area contributed by atoms with Gasteiger partial charge >= 0.3 is 0 Å². The molecule has 30 heavy (non-hydrogen) atoms. The summed E-state index contributed by atoms with van der Waals surface area (Å²) in [6.07, 6.45) is 0. The maximum Gasteiger partial charge on any atom is 0.233 e. The van der Waals surface area contributed by atoms with E-state index in [1.54, 1.807) is 0 Å². The zero-order valence-electron chi connectivity index (χ0n) is 18.6. The van der Waals surface area contributed by atoms with Gasteiger partial charge in [-0.1, -0.05) is 24.3 Å². The van der Waals surface area contributed by atoms with E-state index < -0.39 is 0 Å². The first-order valence-corrected chi connectivity index (χ1v) is 10.1. The molecule has 0 saturated carbocycles. The first-order chi connectivity index (χ1) is 13.9. The van der Waals surface area contributed by atoms with Crippen molar-refractivity contribution in [1.82, 2.24) is 15.0 Å². The Hall–Kier alpha value is -2.86. The highest BCUT2D eigenvalue weighted by molar-refractivity contribution is 5.85. The first-order valence-electron chi connectivity index (χ1n) is 10.1. The highest BCUT2D eigenvalue weighted by atomic mass is 35.5. The lowest BCUT2D eigenvalue weighted by atomic mass is 10.1. The van der Waals surface area contributed by atoms with Gasteiger partial charge in [-0.25, -0.2) is 0 Å². The van der Waals surface area contributed by atoms with E-state index >= 15 is 0 Å². The molecule has 0 amide bonds. The average molecular weight is 427 g/mol. The van der Waals surface area contributed by atoms with E-state index in [0.29, 0.717) is 17.8 Å². The van der Waals surface area contributed by atoms with Crippen LogP contribution in [-0.2, 0) is 0 Å². The van der Waals surface area contributed by atoms with Crippen LogP contribution in [0.25, 0.3) is 0 Å². The Morgan fingerprint density at radius 2 is 1.13 bits per heavy atom. The van der Waals surface area contributed by atoms with Crippen molar-refractivity contribution in [2.24, 2.45) is 0 Å². The van der Waals surface area contributed by atoms with E-state index in [0.717, 1.165) is 35.6 Å². The zero-order valence-corrected chi connectivity index (χ0v) is 19.4. The third-order valence-electron chi connectivity index (χ3n) is 4.95. The number of nitrogens with one attached hydrogen (secondary N) is 2. The fourth-order valence-corrected chi connectivity index (χ4v) is 3.11. The molecule has 2 aromatic carbocycles. The molecule has 0 atom stereocenters. The lowest BCUT2D eigenvalue weighted by Crippen LogP contribution is -2.25. The second-order valence-electron chi connectivity index (χ2n) is 7.34. The topological polar surface area (TPSA) is 66.0 Å². The Bertz CT molecular complexity index is 929. The van der Waals surface area contributed by atoms with E-state index in [2.05, 4.69) is 108 Å². The number of hydrogen-bond acceptors (Lipinski definition) is 6. The standard InChI is InChI=1S/C23H30N6.ClH/c1-7-29(8-2)23-27-21(24-19-13-15(3)9-11-17(19)5)26-22(28-23)25-20-14-16(4)10-12-18(20)6;/h9-14H,7-8H2,1-6H3,(H2,24,25,26,27,28);1H. The van der Waals surface area contributed by atoms with Crippen LogP contribution in [0.2, 0.25) is 0 Å². The van der Waals surface area contributed by atoms with Gasteiger partial charge in [0.1, 0.15) is 0 Å². The maximum absolute atomic E-state index is 4.68. The summed E-state index contributed by atoms with van der Waals surface area (Å²) < 4.78 is 0. The Kier molecular flexibility index (Phi) is 8.00. The van der Waals surface area contributed by atoms with Crippen molar-refractivity contribution in [2.45, 2.75) is 41.5 Å². The van der Waals surface area contributed by atoms with Gasteiger partial charge in [-0.15, -0.1) is 12.4 Å². The molecule has 0 fully saturated rings. The molecule has 1 heterocycles. The Labute approximate surface area is 185 Å². The van der Waals surface area contributed by atoms with Gasteiger partial charge < -0.3 is 15.5 Å². The van der Waals surface area contributed by atoms with Crippen LogP contribution in [0, 0.1) is 27.7 Å². The van der Waals surface area contributed by atoms with E-state index in [4.69, 9.17) is 0 Å². The highest BCUT2D eigenvalue weighted by Gasteiger charge is 2.13. The molecule has 0 aliphatic rings. The lowest BCUT2D eigenvalue weighted by molar-refractivity contribution is 0.815. The number of nitrogens with zero attached hydrogens (tertiary/aromatic N) is 4. The van der Waals surface area contributed by atoms with Gasteiger partial charge in [0.2, 0.25) is 17.8 Å². The van der Waals surface area contributed by atoms with Gasteiger partial charge in [0.05, 0.1) is 0 Å². The van der Waals surface area contributed by atoms with E-state index in [1.807, 2.05) is 0 Å². The second kappa shape index (κ2) is 10.3. The van der Waals surface area contributed by atoms with Gasteiger partial charge in [-0.2, -0.15) is 15.0 Å². The van der Waals surface area contributed by atoms with E-state index in [1.165, 1.54) is 11.1 Å². The lowest BCUT2D eigenvalue weighted by Gasteiger charge is -2.20. The summed E-state index contributed by atoms with van der Waals surface area (Å²) in [6.45, 7) is 14.2. The van der Waals surface area contributed by atoms with Gasteiger partial charge in [0.25, 0.3) is 0 Å². The molecule has 0 radical (unpaired) electrons. The number of benzene rings is 2. The average Bonchev–Trinajstić information content (AvgIpc) is 2.68. The minimum absolute atomic E-state index is 0. The predicted octanol–water partition coefficient (Wildman–Crippen LogP) is 5.86. The van der Waals surface area contributed by atoms with Gasteiger partial charge in [0.15, 0.2) is 0 Å². The molecular formula is C23H31ClN6. The van der Waals surface area contributed by atoms with E-state index in [-0.39, 0.29) is 12.4 Å². The second-order valence-corrected chi connectivity index (χ2v) is 7.34. The molecule has 3 rings (SSSR count). The molecule has 0 aliphatic carbocycles. The van der Waals surface area contributed by atoms with Crippen LogP contribution in [-0.4, -0.2) is 28.0 Å². The zero-order chi connectivity index (χ0) is 21.0. The van der Waals surface area contributed by atoms with Crippen LogP contribution in [0.4, 0.5) is 29.2 Å². The molecular weight excluding hydrogens is 396 g/mol. The molecule has 0 spiro atoms. The molecule has 7 heteroatoms. The Balaban J connectivity index is 0.00000320. The number of rotatable bonds is 7. The van der Waals surface area contributed by atoms with Gasteiger partial charge in [0, 0.05) is 24.5 Å². The number of halogens is 1. The molecule has 0 aliphatic heterocycles. The van der Waals surface area contributed by atoms with Crippen molar-refractivity contribution in [3.63, 3.8) is 0 Å². The van der Waals surface area contributed by atoms with Crippen LogP contribution >= 0.6 is 12.4 Å². The largest absolute Gasteiger partial charge is 0.341 e. The van der Waals surface area contributed by atoms with Crippen molar-refractivity contribution < 1.29 is 0 Å². The minimum atomic E-state index is 0. The van der Waals surface area contributed by atoms with Crippen molar-refractivity contribution in [1.29, 1.82) is 0 Å². The summed E-state index contributed by atoms with van der Waals surface area (Å²) in [6, 6.07) is 12.6.